The van der Waals surface area contributed by atoms with E-state index in [0.717, 1.165) is 50.0 Å². The van der Waals surface area contributed by atoms with Gasteiger partial charge < -0.3 is 10.2 Å². The zero-order valence-corrected chi connectivity index (χ0v) is 29.7. The fourth-order valence-corrected chi connectivity index (χ4v) is 6.21. The van der Waals surface area contributed by atoms with Crippen molar-refractivity contribution in [3.63, 3.8) is 0 Å². The molecule has 0 aliphatic rings. The number of hydrogen-bond acceptors (Lipinski definition) is 4. The molecule has 0 bridgehead atoms. The fourth-order valence-electron chi connectivity index (χ4n) is 6.21. The largest absolute Gasteiger partial charge is 0.507 e. The predicted octanol–water partition coefficient (Wildman–Crippen LogP) is 9.70. The van der Waals surface area contributed by atoms with Crippen LogP contribution in [0.2, 0.25) is 0 Å². The molecule has 0 atom stereocenters. The maximum Gasteiger partial charge on any atom is 0.149 e. The number of nitrogens with zero attached hydrogens (tertiary/aromatic N) is 4. The van der Waals surface area contributed by atoms with E-state index >= 15 is 0 Å². The van der Waals surface area contributed by atoms with Gasteiger partial charge in [-0.3, -0.25) is 4.57 Å². The summed E-state index contributed by atoms with van der Waals surface area (Å²) in [6, 6.07) is 35.8. The second kappa shape index (κ2) is 11.8. The monoisotopic (exact) mass is 801 g/mol. The van der Waals surface area contributed by atoms with Crippen molar-refractivity contribution in [2.45, 2.75) is 52.4 Å². The third-order valence-corrected chi connectivity index (χ3v) is 8.68. The van der Waals surface area contributed by atoms with Crippen LogP contribution in [0.15, 0.2) is 109 Å². The van der Waals surface area contributed by atoms with Crippen LogP contribution in [0.25, 0.3) is 56.0 Å². The number of benzene rings is 5. The van der Waals surface area contributed by atoms with Crippen molar-refractivity contribution in [2.75, 3.05) is 0 Å². The molecular weight excluding hydrogens is 764 g/mol. The molecule has 2 aromatic heterocycles. The topological polar surface area (TPSA) is 76.1 Å². The summed E-state index contributed by atoms with van der Waals surface area (Å²) in [5.41, 5.74) is 8.00. The first kappa shape index (κ1) is 32.3. The standard InChI is InChI=1S/C40H38N4O2.Pt/c1-39(2,3)25-23-30(40(4,5)6)37(46)33(24-25)44-31-20-12-10-17-27(31)35(42-44)29-19-14-21-32-36(29)41-38(28-18-11-13-22-34(28)45)43(32)26-15-8-7-9-16-26;/h7-24,45-46H,1-6H3;. The molecule has 2 heterocycles. The summed E-state index contributed by atoms with van der Waals surface area (Å²) < 4.78 is 3.96. The maximum atomic E-state index is 11.8. The number of para-hydroxylation sites is 4. The minimum Gasteiger partial charge on any atom is -0.507 e. The second-order valence-corrected chi connectivity index (χ2v) is 14.0. The maximum absolute atomic E-state index is 11.8. The quantitative estimate of drug-likeness (QED) is 0.186. The molecule has 0 unspecified atom stereocenters. The zero-order chi connectivity index (χ0) is 32.4. The molecular formula is C40H38N4O2Pt. The van der Waals surface area contributed by atoms with Crippen LogP contribution in [-0.2, 0) is 31.9 Å². The Morgan fingerprint density at radius 2 is 1.28 bits per heavy atom. The van der Waals surface area contributed by atoms with Gasteiger partial charge in [-0.25, -0.2) is 9.67 Å². The number of fused-ring (bicyclic) bond motifs is 2. The van der Waals surface area contributed by atoms with E-state index in [4.69, 9.17) is 10.1 Å². The Labute approximate surface area is 289 Å². The van der Waals surface area contributed by atoms with E-state index in [1.54, 1.807) is 6.07 Å². The molecule has 0 aliphatic carbocycles. The van der Waals surface area contributed by atoms with E-state index in [1.165, 1.54) is 0 Å². The molecule has 0 aliphatic heterocycles. The minimum atomic E-state index is -0.277. The average molecular weight is 802 g/mol. The van der Waals surface area contributed by atoms with Crippen molar-refractivity contribution in [3.8, 4) is 45.5 Å². The molecule has 0 saturated heterocycles. The summed E-state index contributed by atoms with van der Waals surface area (Å²) in [5, 5.41) is 28.9. The van der Waals surface area contributed by atoms with Gasteiger partial charge in [0.15, 0.2) is 0 Å². The Morgan fingerprint density at radius 3 is 1.98 bits per heavy atom. The van der Waals surface area contributed by atoms with Crippen LogP contribution in [0.3, 0.4) is 0 Å². The Hall–Kier alpha value is -4.67. The van der Waals surface area contributed by atoms with Crippen LogP contribution in [0, 0.1) is 0 Å². The molecule has 240 valence electrons. The van der Waals surface area contributed by atoms with Gasteiger partial charge >= 0.3 is 0 Å². The van der Waals surface area contributed by atoms with Gasteiger partial charge in [-0.2, -0.15) is 5.10 Å². The second-order valence-electron chi connectivity index (χ2n) is 14.0. The van der Waals surface area contributed by atoms with Crippen LogP contribution in [-0.4, -0.2) is 29.5 Å². The van der Waals surface area contributed by atoms with Crippen LogP contribution in [0.1, 0.15) is 52.7 Å². The van der Waals surface area contributed by atoms with Crippen molar-refractivity contribution in [2.24, 2.45) is 0 Å². The summed E-state index contributed by atoms with van der Waals surface area (Å²) in [6.45, 7) is 12.9. The Bertz CT molecular complexity index is 2250. The van der Waals surface area contributed by atoms with Gasteiger partial charge in [0.25, 0.3) is 0 Å². The van der Waals surface area contributed by atoms with E-state index in [9.17, 15) is 10.2 Å². The van der Waals surface area contributed by atoms with Crippen molar-refractivity contribution >= 4 is 21.9 Å². The van der Waals surface area contributed by atoms with Gasteiger partial charge in [-0.1, -0.05) is 108 Å². The summed E-state index contributed by atoms with van der Waals surface area (Å²) in [5.74, 6) is 1.03. The van der Waals surface area contributed by atoms with Crippen molar-refractivity contribution in [1.29, 1.82) is 0 Å². The van der Waals surface area contributed by atoms with Crippen LogP contribution >= 0.6 is 0 Å². The summed E-state index contributed by atoms with van der Waals surface area (Å²) >= 11 is 0. The normalized spacial score (nSPS) is 12.0. The van der Waals surface area contributed by atoms with Gasteiger partial charge in [-0.15, -0.1) is 0 Å². The van der Waals surface area contributed by atoms with Crippen LogP contribution < -0.4 is 0 Å². The molecule has 2 N–H and O–H groups in total. The third-order valence-electron chi connectivity index (χ3n) is 8.68. The molecule has 7 heteroatoms. The van der Waals surface area contributed by atoms with Crippen LogP contribution in [0.4, 0.5) is 0 Å². The molecule has 0 radical (unpaired) electrons. The smallest absolute Gasteiger partial charge is 0.149 e. The third kappa shape index (κ3) is 5.55. The first-order chi connectivity index (χ1) is 21.9. The van der Waals surface area contributed by atoms with Gasteiger partial charge in [-0.05, 0) is 58.9 Å². The van der Waals surface area contributed by atoms with Crippen molar-refractivity contribution < 1.29 is 31.3 Å². The molecule has 0 spiro atoms. The summed E-state index contributed by atoms with van der Waals surface area (Å²) in [7, 11) is 0. The number of imidazole rings is 1. The number of phenolic OH excluding ortho intramolecular Hbond substituents is 2. The van der Waals surface area contributed by atoms with Gasteiger partial charge in [0, 0.05) is 43.3 Å². The Morgan fingerprint density at radius 1 is 0.638 bits per heavy atom. The molecule has 47 heavy (non-hydrogen) atoms. The van der Waals surface area contributed by atoms with Gasteiger partial charge in [0.05, 0.1) is 22.1 Å². The Kier molecular flexibility index (Phi) is 8.13. The summed E-state index contributed by atoms with van der Waals surface area (Å²) in [4.78, 5) is 5.20. The molecule has 6 nitrogen and oxygen atoms in total. The molecule has 0 amide bonds. The molecule has 7 rings (SSSR count). The van der Waals surface area contributed by atoms with Gasteiger partial charge in [0.2, 0.25) is 0 Å². The van der Waals surface area contributed by atoms with E-state index < -0.39 is 0 Å². The van der Waals surface area contributed by atoms with Crippen molar-refractivity contribution in [1.82, 2.24) is 19.3 Å². The van der Waals surface area contributed by atoms with E-state index in [2.05, 4.69) is 70.4 Å². The molecule has 0 saturated carbocycles. The van der Waals surface area contributed by atoms with Crippen LogP contribution in [0.5, 0.6) is 11.5 Å². The van der Waals surface area contributed by atoms with E-state index in [0.29, 0.717) is 17.1 Å². The zero-order valence-electron chi connectivity index (χ0n) is 27.4. The molecule has 0 fully saturated rings. The first-order valence-corrected chi connectivity index (χ1v) is 15.7. The fraction of sp³-hybridized carbons (Fsp3) is 0.200. The number of aromatic hydroxyl groups is 2. The molecule has 5 aromatic carbocycles. The minimum absolute atomic E-state index is 0. The van der Waals surface area contributed by atoms with E-state index in [-0.39, 0.29) is 43.4 Å². The van der Waals surface area contributed by atoms with E-state index in [1.807, 2.05) is 83.5 Å². The average Bonchev–Trinajstić information content (AvgIpc) is 3.60. The first-order valence-electron chi connectivity index (χ1n) is 15.7. The number of phenols is 2. The summed E-state index contributed by atoms with van der Waals surface area (Å²) in [6.07, 6.45) is 0. The number of hydrogen-bond donors (Lipinski definition) is 2. The number of aromatic nitrogens is 4. The Balaban J connectivity index is 0.00000386. The van der Waals surface area contributed by atoms with Crippen molar-refractivity contribution in [3.05, 3.63) is 120 Å². The number of rotatable bonds is 4. The predicted molar refractivity (Wildman–Crippen MR) is 187 cm³/mol. The molecule has 7 aromatic rings. The SMILES string of the molecule is CC(C)(C)c1cc(-n2nc(-c3cccc4c3nc(-c3ccccc3O)n4-c3ccccc3)c3ccccc32)c(O)c(C(C)(C)C)c1.[Pt]. The van der Waals surface area contributed by atoms with Gasteiger partial charge in [0.1, 0.15) is 28.7 Å².